The fraction of sp³-hybridized carbons (Fsp3) is 0.188. The predicted octanol–water partition coefficient (Wildman–Crippen LogP) is 3.31. The molecule has 0 fully saturated rings. The predicted molar refractivity (Wildman–Crippen MR) is 76.5 cm³/mol. The third kappa shape index (κ3) is 3.37. The summed E-state index contributed by atoms with van der Waals surface area (Å²) in [5, 5.41) is 18.0. The number of hydrogen-bond acceptors (Lipinski definition) is 4. The van der Waals surface area contributed by atoms with Crippen molar-refractivity contribution in [3.63, 3.8) is 0 Å². The fourth-order valence-corrected chi connectivity index (χ4v) is 1.81. The second kappa shape index (κ2) is 6.06. The third-order valence-corrected chi connectivity index (χ3v) is 3.00. The van der Waals surface area contributed by atoms with Gasteiger partial charge in [0.05, 0.1) is 17.2 Å². The van der Waals surface area contributed by atoms with E-state index in [4.69, 9.17) is 15.1 Å². The highest BCUT2D eigenvalue weighted by atomic mass is 16.5. The number of nitriles is 1. The zero-order valence-corrected chi connectivity index (χ0v) is 11.8. The van der Waals surface area contributed by atoms with Crippen LogP contribution in [-0.2, 0) is 6.42 Å². The van der Waals surface area contributed by atoms with Crippen LogP contribution in [0.3, 0.4) is 0 Å². The SMILES string of the molecule is CCc1cc(C(=O)O)cc(Oc2cc(C#N)ccc2C)n1. The smallest absolute Gasteiger partial charge is 0.335 e. The van der Waals surface area contributed by atoms with Gasteiger partial charge in [0.15, 0.2) is 0 Å². The number of pyridine rings is 1. The summed E-state index contributed by atoms with van der Waals surface area (Å²) in [6.07, 6.45) is 0.606. The first-order chi connectivity index (χ1) is 10.0. The molecule has 0 spiro atoms. The molecule has 0 amide bonds. The molecular formula is C16H14N2O3. The van der Waals surface area contributed by atoms with E-state index in [2.05, 4.69) is 4.98 Å². The van der Waals surface area contributed by atoms with Crippen molar-refractivity contribution >= 4 is 5.97 Å². The molecule has 0 radical (unpaired) electrons. The van der Waals surface area contributed by atoms with E-state index in [9.17, 15) is 4.79 Å². The van der Waals surface area contributed by atoms with Gasteiger partial charge in [-0.1, -0.05) is 13.0 Å². The number of carbonyl (C=O) groups is 1. The molecule has 1 N–H and O–H groups in total. The quantitative estimate of drug-likeness (QED) is 0.930. The van der Waals surface area contributed by atoms with E-state index >= 15 is 0 Å². The number of aromatic nitrogens is 1. The van der Waals surface area contributed by atoms with Crippen LogP contribution in [0.15, 0.2) is 30.3 Å². The Morgan fingerprint density at radius 2 is 2.14 bits per heavy atom. The second-order valence-electron chi connectivity index (χ2n) is 4.54. The molecule has 0 atom stereocenters. The summed E-state index contributed by atoms with van der Waals surface area (Å²) in [5.41, 5.74) is 2.08. The minimum atomic E-state index is -1.03. The number of benzene rings is 1. The van der Waals surface area contributed by atoms with E-state index in [1.54, 1.807) is 18.2 Å². The summed E-state index contributed by atoms with van der Waals surface area (Å²) in [6.45, 7) is 3.73. The molecule has 0 unspecified atom stereocenters. The maximum Gasteiger partial charge on any atom is 0.335 e. The molecule has 0 aliphatic heterocycles. The van der Waals surface area contributed by atoms with Gasteiger partial charge in [-0.15, -0.1) is 0 Å². The number of carboxylic acid groups (broad SMARTS) is 1. The average Bonchev–Trinajstić information content (AvgIpc) is 2.49. The Morgan fingerprint density at radius 3 is 2.76 bits per heavy atom. The Hall–Kier alpha value is -2.87. The van der Waals surface area contributed by atoms with Crippen molar-refractivity contribution in [1.82, 2.24) is 4.98 Å². The van der Waals surface area contributed by atoms with Gasteiger partial charge >= 0.3 is 5.97 Å². The third-order valence-electron chi connectivity index (χ3n) is 3.00. The molecule has 1 aromatic carbocycles. The first-order valence-corrected chi connectivity index (χ1v) is 6.46. The molecule has 106 valence electrons. The summed E-state index contributed by atoms with van der Waals surface area (Å²) in [5.74, 6) is -0.324. The molecule has 21 heavy (non-hydrogen) atoms. The normalized spacial score (nSPS) is 9.95. The van der Waals surface area contributed by atoms with Gasteiger partial charge in [0, 0.05) is 11.8 Å². The summed E-state index contributed by atoms with van der Waals surface area (Å²) in [7, 11) is 0. The van der Waals surface area contributed by atoms with E-state index < -0.39 is 5.97 Å². The topological polar surface area (TPSA) is 83.2 Å². The first-order valence-electron chi connectivity index (χ1n) is 6.46. The molecule has 0 saturated carbocycles. The van der Waals surface area contributed by atoms with Crippen LogP contribution in [-0.4, -0.2) is 16.1 Å². The largest absolute Gasteiger partial charge is 0.478 e. The number of hydrogen-bond donors (Lipinski definition) is 1. The zero-order chi connectivity index (χ0) is 15.4. The van der Waals surface area contributed by atoms with E-state index in [1.165, 1.54) is 12.1 Å². The van der Waals surface area contributed by atoms with Gasteiger partial charge in [-0.3, -0.25) is 0 Å². The maximum absolute atomic E-state index is 11.1. The van der Waals surface area contributed by atoms with Crippen molar-refractivity contribution in [2.45, 2.75) is 20.3 Å². The molecule has 5 nitrogen and oxygen atoms in total. The molecule has 1 aromatic heterocycles. The highest BCUT2D eigenvalue weighted by molar-refractivity contribution is 5.88. The summed E-state index contributed by atoms with van der Waals surface area (Å²) >= 11 is 0. The van der Waals surface area contributed by atoms with Crippen molar-refractivity contribution in [3.8, 4) is 17.7 Å². The van der Waals surface area contributed by atoms with E-state index in [0.29, 0.717) is 23.4 Å². The Labute approximate surface area is 122 Å². The van der Waals surface area contributed by atoms with Gasteiger partial charge < -0.3 is 9.84 Å². The minimum absolute atomic E-state index is 0.131. The number of aryl methyl sites for hydroxylation is 2. The van der Waals surface area contributed by atoms with Crippen molar-refractivity contribution in [2.24, 2.45) is 0 Å². The van der Waals surface area contributed by atoms with Crippen molar-refractivity contribution in [1.29, 1.82) is 5.26 Å². The number of rotatable bonds is 4. The van der Waals surface area contributed by atoms with Gasteiger partial charge in [-0.25, -0.2) is 9.78 Å². The van der Waals surface area contributed by atoms with Crippen LogP contribution < -0.4 is 4.74 Å². The Morgan fingerprint density at radius 1 is 1.38 bits per heavy atom. The minimum Gasteiger partial charge on any atom is -0.478 e. The second-order valence-corrected chi connectivity index (χ2v) is 4.54. The highest BCUT2D eigenvalue weighted by Crippen LogP contribution is 2.26. The molecule has 0 aliphatic rings. The van der Waals surface area contributed by atoms with E-state index in [1.807, 2.05) is 19.9 Å². The highest BCUT2D eigenvalue weighted by Gasteiger charge is 2.10. The van der Waals surface area contributed by atoms with Crippen LogP contribution in [0.4, 0.5) is 0 Å². The van der Waals surface area contributed by atoms with Gasteiger partial charge in [0.25, 0.3) is 0 Å². The van der Waals surface area contributed by atoms with Crippen LogP contribution in [0.25, 0.3) is 0 Å². The Balaban J connectivity index is 2.41. The monoisotopic (exact) mass is 282 g/mol. The molecule has 5 heteroatoms. The first kappa shape index (κ1) is 14.5. The summed E-state index contributed by atoms with van der Waals surface area (Å²) < 4.78 is 5.66. The molecule has 0 aliphatic carbocycles. The lowest BCUT2D eigenvalue weighted by Gasteiger charge is -2.10. The lowest BCUT2D eigenvalue weighted by molar-refractivity contribution is 0.0696. The summed E-state index contributed by atoms with van der Waals surface area (Å²) in [4.78, 5) is 15.4. The Kier molecular flexibility index (Phi) is 4.19. The Bertz CT molecular complexity index is 733. The molecule has 1 heterocycles. The molecule has 2 rings (SSSR count). The van der Waals surface area contributed by atoms with Crippen LogP contribution in [0, 0.1) is 18.3 Å². The van der Waals surface area contributed by atoms with Crippen molar-refractivity contribution < 1.29 is 14.6 Å². The fourth-order valence-electron chi connectivity index (χ4n) is 1.81. The molecule has 2 aromatic rings. The van der Waals surface area contributed by atoms with Crippen LogP contribution in [0.5, 0.6) is 11.6 Å². The zero-order valence-electron chi connectivity index (χ0n) is 11.8. The van der Waals surface area contributed by atoms with Crippen LogP contribution in [0.2, 0.25) is 0 Å². The van der Waals surface area contributed by atoms with E-state index in [0.717, 1.165) is 5.56 Å². The van der Waals surface area contributed by atoms with Gasteiger partial charge in [0.1, 0.15) is 5.75 Å². The number of nitrogens with zero attached hydrogens (tertiary/aromatic N) is 2. The average molecular weight is 282 g/mol. The molecular weight excluding hydrogens is 268 g/mol. The van der Waals surface area contributed by atoms with Crippen LogP contribution in [0.1, 0.15) is 34.1 Å². The molecule has 0 bridgehead atoms. The maximum atomic E-state index is 11.1. The van der Waals surface area contributed by atoms with Crippen molar-refractivity contribution in [3.05, 3.63) is 52.7 Å². The van der Waals surface area contributed by atoms with Crippen LogP contribution >= 0.6 is 0 Å². The van der Waals surface area contributed by atoms with Gasteiger partial charge in [-0.2, -0.15) is 5.26 Å². The summed E-state index contributed by atoms with van der Waals surface area (Å²) in [6, 6.07) is 10.0. The number of carboxylic acids is 1. The molecule has 0 saturated heterocycles. The number of aromatic carboxylic acids is 1. The van der Waals surface area contributed by atoms with Gasteiger partial charge in [0.2, 0.25) is 5.88 Å². The standard InChI is InChI=1S/C16H14N2O3/c1-3-13-7-12(16(19)20)8-15(18-13)21-14-6-11(9-17)5-4-10(14)2/h4-8H,3H2,1-2H3,(H,19,20). The van der Waals surface area contributed by atoms with Crippen molar-refractivity contribution in [2.75, 3.05) is 0 Å². The van der Waals surface area contributed by atoms with Gasteiger partial charge in [-0.05, 0) is 37.1 Å². The number of ether oxygens (including phenoxy) is 1. The van der Waals surface area contributed by atoms with E-state index in [-0.39, 0.29) is 11.4 Å². The lowest BCUT2D eigenvalue weighted by atomic mass is 10.1. The lowest BCUT2D eigenvalue weighted by Crippen LogP contribution is -2.02.